The maximum absolute atomic E-state index is 10.9. The summed E-state index contributed by atoms with van der Waals surface area (Å²) in [5, 5.41) is 10.9. The molecule has 0 spiro atoms. The van der Waals surface area contributed by atoms with Crippen molar-refractivity contribution in [3.05, 3.63) is 29.6 Å². The highest BCUT2D eigenvalue weighted by Crippen LogP contribution is 1.98. The van der Waals surface area contributed by atoms with Gasteiger partial charge in [0, 0.05) is 18.4 Å². The Morgan fingerprint density at radius 2 is 2.43 bits per heavy atom. The van der Waals surface area contributed by atoms with Crippen LogP contribution < -0.4 is 5.32 Å². The van der Waals surface area contributed by atoms with Crippen LogP contribution in [0.1, 0.15) is 17.7 Å². The third-order valence-corrected chi connectivity index (χ3v) is 1.70. The monoisotopic (exact) mass is 189 g/mol. The largest absolute Gasteiger partial charge is 0.351 e. The molecule has 4 nitrogen and oxygen atoms in total. The van der Waals surface area contributed by atoms with Crippen molar-refractivity contribution in [2.75, 3.05) is 0 Å². The Hall–Kier alpha value is -1.89. The fraction of sp³-hybridized carbons (Fsp3) is 0.300. The molecule has 4 heteroatoms. The summed E-state index contributed by atoms with van der Waals surface area (Å²) in [6.45, 7) is 2.33. The van der Waals surface area contributed by atoms with E-state index in [0.29, 0.717) is 6.54 Å². The summed E-state index contributed by atoms with van der Waals surface area (Å²) >= 11 is 0. The van der Waals surface area contributed by atoms with E-state index in [1.165, 1.54) is 0 Å². The summed E-state index contributed by atoms with van der Waals surface area (Å²) < 4.78 is 0. The fourth-order valence-corrected chi connectivity index (χ4v) is 0.938. The van der Waals surface area contributed by atoms with E-state index in [2.05, 4.69) is 10.3 Å². The van der Waals surface area contributed by atoms with Crippen molar-refractivity contribution in [3.63, 3.8) is 0 Å². The van der Waals surface area contributed by atoms with Gasteiger partial charge in [0.2, 0.25) is 5.91 Å². The number of rotatable bonds is 3. The summed E-state index contributed by atoms with van der Waals surface area (Å²) in [7, 11) is 0. The molecule has 72 valence electrons. The van der Waals surface area contributed by atoms with Gasteiger partial charge in [0.1, 0.15) is 6.42 Å². The lowest BCUT2D eigenvalue weighted by atomic mass is 10.2. The average molecular weight is 189 g/mol. The van der Waals surface area contributed by atoms with Gasteiger partial charge in [-0.1, -0.05) is 6.07 Å². The van der Waals surface area contributed by atoms with Crippen LogP contribution >= 0.6 is 0 Å². The van der Waals surface area contributed by atoms with Crippen LogP contribution in [0.5, 0.6) is 0 Å². The van der Waals surface area contributed by atoms with Gasteiger partial charge < -0.3 is 5.32 Å². The maximum atomic E-state index is 10.9. The molecule has 1 aromatic rings. The zero-order valence-corrected chi connectivity index (χ0v) is 7.95. The predicted molar refractivity (Wildman–Crippen MR) is 51.1 cm³/mol. The minimum Gasteiger partial charge on any atom is -0.351 e. The van der Waals surface area contributed by atoms with E-state index in [9.17, 15) is 4.79 Å². The van der Waals surface area contributed by atoms with Crippen molar-refractivity contribution in [2.24, 2.45) is 0 Å². The van der Waals surface area contributed by atoms with Gasteiger partial charge in [0.05, 0.1) is 6.07 Å². The summed E-state index contributed by atoms with van der Waals surface area (Å²) in [6.07, 6.45) is 1.61. The molecule has 0 radical (unpaired) electrons. The molecule has 0 saturated carbocycles. The van der Waals surface area contributed by atoms with Crippen molar-refractivity contribution in [1.82, 2.24) is 10.3 Å². The summed E-state index contributed by atoms with van der Waals surface area (Å²) in [5.41, 5.74) is 1.87. The fourth-order valence-electron chi connectivity index (χ4n) is 0.938. The molecule has 0 bridgehead atoms. The first kappa shape index (κ1) is 10.2. The van der Waals surface area contributed by atoms with E-state index in [0.717, 1.165) is 11.3 Å². The van der Waals surface area contributed by atoms with Crippen LogP contribution in [0.3, 0.4) is 0 Å². The first-order valence-corrected chi connectivity index (χ1v) is 4.27. The first-order chi connectivity index (χ1) is 6.72. The highest BCUT2D eigenvalue weighted by Gasteiger charge is 1.99. The van der Waals surface area contributed by atoms with Gasteiger partial charge >= 0.3 is 0 Å². The van der Waals surface area contributed by atoms with Crippen molar-refractivity contribution < 1.29 is 4.79 Å². The SMILES string of the molecule is Cc1ccc(CNC(=O)CC#N)cn1. The van der Waals surface area contributed by atoms with Gasteiger partial charge in [-0.25, -0.2) is 0 Å². The molecule has 1 aromatic heterocycles. The van der Waals surface area contributed by atoms with Crippen molar-refractivity contribution >= 4 is 5.91 Å². The van der Waals surface area contributed by atoms with Gasteiger partial charge in [-0.15, -0.1) is 0 Å². The normalized spacial score (nSPS) is 9.14. The molecule has 0 aliphatic carbocycles. The summed E-state index contributed by atoms with van der Waals surface area (Å²) in [4.78, 5) is 15.0. The summed E-state index contributed by atoms with van der Waals surface area (Å²) in [5.74, 6) is -0.256. The van der Waals surface area contributed by atoms with Crippen LogP contribution in [-0.4, -0.2) is 10.9 Å². The molecule has 0 atom stereocenters. The van der Waals surface area contributed by atoms with Gasteiger partial charge in [-0.3, -0.25) is 9.78 Å². The molecule has 1 amide bonds. The van der Waals surface area contributed by atoms with E-state index >= 15 is 0 Å². The molecule has 0 saturated heterocycles. The zero-order valence-electron chi connectivity index (χ0n) is 7.95. The molecule has 1 heterocycles. The molecule has 0 aromatic carbocycles. The number of pyridine rings is 1. The first-order valence-electron chi connectivity index (χ1n) is 4.27. The van der Waals surface area contributed by atoms with E-state index in [4.69, 9.17) is 5.26 Å². The summed E-state index contributed by atoms with van der Waals surface area (Å²) in [6, 6.07) is 5.56. The molecule has 0 fully saturated rings. The van der Waals surface area contributed by atoms with Crippen LogP contribution in [0.25, 0.3) is 0 Å². The lowest BCUT2D eigenvalue weighted by Gasteiger charge is -2.02. The number of aromatic nitrogens is 1. The third kappa shape index (κ3) is 3.23. The van der Waals surface area contributed by atoms with Crippen molar-refractivity contribution in [3.8, 4) is 6.07 Å². The molecular formula is C10H11N3O. The molecule has 0 aliphatic rings. The van der Waals surface area contributed by atoms with Crippen molar-refractivity contribution in [2.45, 2.75) is 19.9 Å². The lowest BCUT2D eigenvalue weighted by Crippen LogP contribution is -2.21. The zero-order chi connectivity index (χ0) is 10.4. The van der Waals surface area contributed by atoms with E-state index in [1.54, 1.807) is 12.3 Å². The predicted octanol–water partition coefficient (Wildman–Crippen LogP) is 0.920. The number of amides is 1. The lowest BCUT2D eigenvalue weighted by molar-refractivity contribution is -0.120. The number of nitriles is 1. The Bertz CT molecular complexity index is 351. The number of aryl methyl sites for hydroxylation is 1. The molecule has 0 aliphatic heterocycles. The van der Waals surface area contributed by atoms with E-state index in [-0.39, 0.29) is 12.3 Å². The average Bonchev–Trinajstić information content (AvgIpc) is 2.17. The molecule has 14 heavy (non-hydrogen) atoms. The van der Waals surface area contributed by atoms with Gasteiger partial charge in [0.25, 0.3) is 0 Å². The van der Waals surface area contributed by atoms with E-state index in [1.807, 2.05) is 19.1 Å². The maximum Gasteiger partial charge on any atom is 0.234 e. The molecule has 1 rings (SSSR count). The topological polar surface area (TPSA) is 65.8 Å². The highest BCUT2D eigenvalue weighted by molar-refractivity contribution is 5.77. The standard InChI is InChI=1S/C10H11N3O/c1-8-2-3-9(6-12-8)7-13-10(14)4-5-11/h2-3,6H,4,7H2,1H3,(H,13,14). The second kappa shape index (κ2) is 4.97. The number of carbonyl (C=O) groups excluding carboxylic acids is 1. The third-order valence-electron chi connectivity index (χ3n) is 1.70. The van der Waals surface area contributed by atoms with Crippen LogP contribution in [0, 0.1) is 18.3 Å². The Morgan fingerprint density at radius 3 is 3.00 bits per heavy atom. The second-order valence-corrected chi connectivity index (χ2v) is 2.92. The van der Waals surface area contributed by atoms with Crippen LogP contribution in [0.4, 0.5) is 0 Å². The highest BCUT2D eigenvalue weighted by atomic mass is 16.1. The molecule has 1 N–H and O–H groups in total. The number of hydrogen-bond donors (Lipinski definition) is 1. The smallest absolute Gasteiger partial charge is 0.234 e. The van der Waals surface area contributed by atoms with Gasteiger partial charge in [-0.2, -0.15) is 5.26 Å². The Balaban J connectivity index is 2.43. The minimum absolute atomic E-state index is 0.0979. The second-order valence-electron chi connectivity index (χ2n) is 2.92. The van der Waals surface area contributed by atoms with Gasteiger partial charge in [0.15, 0.2) is 0 Å². The number of nitrogens with zero attached hydrogens (tertiary/aromatic N) is 2. The minimum atomic E-state index is -0.256. The molecule has 0 unspecified atom stereocenters. The molecular weight excluding hydrogens is 178 g/mol. The quantitative estimate of drug-likeness (QED) is 0.768. The van der Waals surface area contributed by atoms with Crippen molar-refractivity contribution in [1.29, 1.82) is 5.26 Å². The number of carbonyl (C=O) groups is 1. The van der Waals surface area contributed by atoms with Gasteiger partial charge in [-0.05, 0) is 18.6 Å². The number of nitrogens with one attached hydrogen (secondary N) is 1. The number of hydrogen-bond acceptors (Lipinski definition) is 3. The van der Waals surface area contributed by atoms with E-state index < -0.39 is 0 Å². The Kier molecular flexibility index (Phi) is 3.62. The van der Waals surface area contributed by atoms with Crippen LogP contribution in [0.15, 0.2) is 18.3 Å². The Morgan fingerprint density at radius 1 is 1.64 bits per heavy atom. The van der Waals surface area contributed by atoms with Crippen LogP contribution in [-0.2, 0) is 11.3 Å². The van der Waals surface area contributed by atoms with Crippen LogP contribution in [0.2, 0.25) is 0 Å². The Labute approximate surface area is 82.6 Å².